The van der Waals surface area contributed by atoms with Gasteiger partial charge in [-0.1, -0.05) is 37.3 Å². The summed E-state index contributed by atoms with van der Waals surface area (Å²) in [7, 11) is 0. The largest absolute Gasteiger partial charge is 0.379 e. The topological polar surface area (TPSA) is 86.8 Å². The number of fused-ring (bicyclic) bond motifs is 1. The third-order valence-electron chi connectivity index (χ3n) is 5.84. The predicted octanol–water partition coefficient (Wildman–Crippen LogP) is 1.88. The molecule has 0 bridgehead atoms. The molecule has 4 rings (SSSR count). The van der Waals surface area contributed by atoms with Gasteiger partial charge in [0.1, 0.15) is 0 Å². The number of amides is 2. The number of hydrogen-bond donors (Lipinski definition) is 2. The number of anilines is 2. The minimum absolute atomic E-state index is 0.0472. The van der Waals surface area contributed by atoms with E-state index in [2.05, 4.69) is 27.4 Å². The zero-order valence-corrected chi connectivity index (χ0v) is 17.8. The van der Waals surface area contributed by atoms with Crippen molar-refractivity contribution >= 4 is 23.3 Å². The Bertz CT molecular complexity index is 915. The Labute approximate surface area is 182 Å². The summed E-state index contributed by atoms with van der Waals surface area (Å²) < 4.78 is 5.43. The van der Waals surface area contributed by atoms with E-state index in [9.17, 15) is 9.59 Å². The van der Waals surface area contributed by atoms with Crippen molar-refractivity contribution in [2.24, 2.45) is 0 Å². The van der Waals surface area contributed by atoms with Crippen molar-refractivity contribution in [1.82, 2.24) is 15.2 Å². The maximum Gasteiger partial charge on any atom is 0.252 e. The summed E-state index contributed by atoms with van der Waals surface area (Å²) in [5.41, 5.74) is 2.10. The van der Waals surface area contributed by atoms with E-state index in [1.807, 2.05) is 30.3 Å². The first-order valence-electron chi connectivity index (χ1n) is 10.8. The van der Waals surface area contributed by atoms with Gasteiger partial charge in [0.05, 0.1) is 37.6 Å². The fraction of sp³-hybridized carbons (Fsp3) is 0.435. The van der Waals surface area contributed by atoms with Crippen molar-refractivity contribution in [3.05, 3.63) is 53.7 Å². The molecule has 0 aliphatic carbocycles. The fourth-order valence-electron chi connectivity index (χ4n) is 4.03. The highest BCUT2D eigenvalue weighted by molar-refractivity contribution is 6.04. The molecule has 3 heterocycles. The Kier molecular flexibility index (Phi) is 6.79. The van der Waals surface area contributed by atoms with E-state index < -0.39 is 0 Å². The van der Waals surface area contributed by atoms with Crippen molar-refractivity contribution in [2.75, 3.05) is 49.6 Å². The molecule has 2 amide bonds. The number of nitrogens with zero attached hydrogens (tertiary/aromatic N) is 3. The minimum atomic E-state index is -0.181. The van der Waals surface area contributed by atoms with Crippen LogP contribution < -0.4 is 15.5 Å². The lowest BCUT2D eigenvalue weighted by molar-refractivity contribution is -0.117. The van der Waals surface area contributed by atoms with Crippen LogP contribution in [0.5, 0.6) is 0 Å². The first-order valence-corrected chi connectivity index (χ1v) is 10.8. The fourth-order valence-corrected chi connectivity index (χ4v) is 4.03. The molecule has 0 saturated carbocycles. The number of aromatic nitrogens is 1. The van der Waals surface area contributed by atoms with Crippen LogP contribution in [0.3, 0.4) is 0 Å². The second-order valence-corrected chi connectivity index (χ2v) is 7.83. The summed E-state index contributed by atoms with van der Waals surface area (Å²) in [5, 5.41) is 6.09. The van der Waals surface area contributed by atoms with E-state index in [1.165, 1.54) is 0 Å². The van der Waals surface area contributed by atoms with Crippen molar-refractivity contribution in [1.29, 1.82) is 0 Å². The molecule has 1 fully saturated rings. The molecular weight excluding hydrogens is 394 g/mol. The summed E-state index contributed by atoms with van der Waals surface area (Å²) in [5.74, 6) is 0.389. The van der Waals surface area contributed by atoms with Crippen LogP contribution in [-0.4, -0.2) is 67.1 Å². The molecule has 1 aromatic heterocycles. The summed E-state index contributed by atoms with van der Waals surface area (Å²) in [6, 6.07) is 11.8. The molecule has 2 aliphatic heterocycles. The Hall–Kier alpha value is -2.97. The molecular formula is C23H29N5O3. The van der Waals surface area contributed by atoms with Gasteiger partial charge in [0.15, 0.2) is 5.82 Å². The summed E-state index contributed by atoms with van der Waals surface area (Å²) in [4.78, 5) is 33.9. The maximum atomic E-state index is 12.9. The molecule has 1 atom stereocenters. The van der Waals surface area contributed by atoms with Crippen LogP contribution in [0.25, 0.3) is 0 Å². The van der Waals surface area contributed by atoms with Crippen LogP contribution >= 0.6 is 0 Å². The average molecular weight is 424 g/mol. The van der Waals surface area contributed by atoms with Crippen LogP contribution in [0.2, 0.25) is 0 Å². The zero-order chi connectivity index (χ0) is 21.6. The van der Waals surface area contributed by atoms with Crippen molar-refractivity contribution in [2.45, 2.75) is 25.9 Å². The van der Waals surface area contributed by atoms with E-state index in [4.69, 9.17) is 4.74 Å². The lowest BCUT2D eigenvalue weighted by Gasteiger charge is -2.34. The van der Waals surface area contributed by atoms with E-state index >= 15 is 0 Å². The minimum Gasteiger partial charge on any atom is -0.379 e. The Morgan fingerprint density at radius 3 is 2.77 bits per heavy atom. The van der Waals surface area contributed by atoms with E-state index in [0.717, 1.165) is 38.3 Å². The highest BCUT2D eigenvalue weighted by Crippen LogP contribution is 2.29. The molecule has 31 heavy (non-hydrogen) atoms. The molecule has 1 aromatic carbocycles. The van der Waals surface area contributed by atoms with Crippen LogP contribution in [-0.2, 0) is 16.1 Å². The van der Waals surface area contributed by atoms with Crippen LogP contribution in [0.1, 0.15) is 29.3 Å². The van der Waals surface area contributed by atoms with E-state index in [1.54, 1.807) is 17.2 Å². The highest BCUT2D eigenvalue weighted by atomic mass is 16.5. The molecule has 2 N–H and O–H groups in total. The monoisotopic (exact) mass is 423 g/mol. The van der Waals surface area contributed by atoms with Crippen LogP contribution in [0, 0.1) is 0 Å². The zero-order valence-electron chi connectivity index (χ0n) is 17.8. The third-order valence-corrected chi connectivity index (χ3v) is 5.84. The number of carbonyl (C=O) groups is 2. The van der Waals surface area contributed by atoms with Gasteiger partial charge in [-0.05, 0) is 18.1 Å². The number of ether oxygens (including phenoxy) is 1. The SMILES string of the molecule is CCC(CNC(=O)c1cnc2c(c1)N(Cc1ccccc1)C(=O)CN2)N1CCOCC1. The molecule has 1 unspecified atom stereocenters. The van der Waals surface area contributed by atoms with E-state index in [0.29, 0.717) is 30.2 Å². The number of hydrogen-bond acceptors (Lipinski definition) is 6. The molecule has 8 nitrogen and oxygen atoms in total. The van der Waals surface area contributed by atoms with Gasteiger partial charge in [-0.25, -0.2) is 4.98 Å². The highest BCUT2D eigenvalue weighted by Gasteiger charge is 2.27. The van der Waals surface area contributed by atoms with Gasteiger partial charge in [-0.3, -0.25) is 14.5 Å². The van der Waals surface area contributed by atoms with Crippen LogP contribution in [0.4, 0.5) is 11.5 Å². The van der Waals surface area contributed by atoms with Crippen LogP contribution in [0.15, 0.2) is 42.6 Å². The standard InChI is InChI=1S/C23H29N5O3/c1-2-19(27-8-10-31-11-9-27)14-26-23(30)18-12-20-22(24-13-18)25-15-21(29)28(20)16-17-6-4-3-5-7-17/h3-7,12-13,19H,2,8-11,14-16H2,1H3,(H,24,25)(H,26,30). The third kappa shape index (κ3) is 5.03. The van der Waals surface area contributed by atoms with E-state index in [-0.39, 0.29) is 24.4 Å². The van der Waals surface area contributed by atoms with Gasteiger partial charge in [-0.15, -0.1) is 0 Å². The number of carbonyl (C=O) groups excluding carboxylic acids is 2. The quantitative estimate of drug-likeness (QED) is 0.707. The lowest BCUT2D eigenvalue weighted by atomic mass is 10.1. The molecule has 2 aromatic rings. The van der Waals surface area contributed by atoms with Crippen molar-refractivity contribution in [3.8, 4) is 0 Å². The first kappa shape index (κ1) is 21.3. The Morgan fingerprint density at radius 1 is 1.26 bits per heavy atom. The second-order valence-electron chi connectivity index (χ2n) is 7.83. The lowest BCUT2D eigenvalue weighted by Crippen LogP contribution is -2.48. The normalized spacial score (nSPS) is 17.6. The number of morpholine rings is 1. The molecule has 0 spiro atoms. The molecule has 0 radical (unpaired) electrons. The van der Waals surface area contributed by atoms with Gasteiger partial charge >= 0.3 is 0 Å². The average Bonchev–Trinajstić information content (AvgIpc) is 2.82. The summed E-state index contributed by atoms with van der Waals surface area (Å²) in [6.45, 7) is 6.57. The molecule has 2 aliphatic rings. The van der Waals surface area contributed by atoms with Gasteiger partial charge in [-0.2, -0.15) is 0 Å². The van der Waals surface area contributed by atoms with Gasteiger partial charge in [0.2, 0.25) is 5.91 Å². The van der Waals surface area contributed by atoms with Crippen molar-refractivity contribution in [3.63, 3.8) is 0 Å². The van der Waals surface area contributed by atoms with Gasteiger partial charge in [0, 0.05) is 31.9 Å². The Balaban J connectivity index is 1.47. The number of nitrogens with one attached hydrogen (secondary N) is 2. The second kappa shape index (κ2) is 9.89. The first-order chi connectivity index (χ1) is 15.2. The molecule has 164 valence electrons. The van der Waals surface area contributed by atoms with Gasteiger partial charge < -0.3 is 20.3 Å². The summed E-state index contributed by atoms with van der Waals surface area (Å²) in [6.07, 6.45) is 2.51. The smallest absolute Gasteiger partial charge is 0.252 e. The van der Waals surface area contributed by atoms with Crippen molar-refractivity contribution < 1.29 is 14.3 Å². The predicted molar refractivity (Wildman–Crippen MR) is 119 cm³/mol. The Morgan fingerprint density at radius 2 is 2.03 bits per heavy atom. The number of pyridine rings is 1. The molecule has 1 saturated heterocycles. The maximum absolute atomic E-state index is 12.9. The number of rotatable bonds is 7. The summed E-state index contributed by atoms with van der Waals surface area (Å²) >= 11 is 0. The molecule has 8 heteroatoms. The number of benzene rings is 1. The van der Waals surface area contributed by atoms with Gasteiger partial charge in [0.25, 0.3) is 5.91 Å².